The monoisotopic (exact) mass is 284 g/mol. The molecule has 0 aromatic heterocycles. The van der Waals surface area contributed by atoms with Crippen LogP contribution < -0.4 is 0 Å². The fourth-order valence-electron chi connectivity index (χ4n) is 1.61. The second kappa shape index (κ2) is 7.14. The highest BCUT2D eigenvalue weighted by molar-refractivity contribution is 6.31. The molecule has 0 amide bonds. The van der Waals surface area contributed by atoms with Gasteiger partial charge in [0, 0.05) is 5.02 Å². The van der Waals surface area contributed by atoms with Crippen molar-refractivity contribution in [3.63, 3.8) is 0 Å². The first-order valence-corrected chi connectivity index (χ1v) is 6.48. The van der Waals surface area contributed by atoms with Crippen molar-refractivity contribution in [2.75, 3.05) is 13.2 Å². The van der Waals surface area contributed by atoms with Gasteiger partial charge in [0.25, 0.3) is 0 Å². The van der Waals surface area contributed by atoms with E-state index in [0.717, 1.165) is 5.56 Å². The summed E-state index contributed by atoms with van der Waals surface area (Å²) in [6.07, 6.45) is 0. The number of aryl methyl sites for hydroxylation is 1. The molecular weight excluding hydrogens is 268 g/mol. The summed E-state index contributed by atoms with van der Waals surface area (Å²) in [5.41, 5.74) is 1.35. The predicted molar refractivity (Wildman–Crippen MR) is 72.2 cm³/mol. The Kier molecular flexibility index (Phi) is 5.83. The maximum atomic E-state index is 11.9. The maximum Gasteiger partial charge on any atom is 0.324 e. The molecule has 0 atom stereocenters. The zero-order chi connectivity index (χ0) is 14.4. The summed E-state index contributed by atoms with van der Waals surface area (Å²) in [7, 11) is 0. The topological polar surface area (TPSA) is 52.6 Å². The molecule has 0 bridgehead atoms. The summed E-state index contributed by atoms with van der Waals surface area (Å²) >= 11 is 6.02. The van der Waals surface area contributed by atoms with Crippen LogP contribution in [0.3, 0.4) is 0 Å². The molecule has 0 unspecified atom stereocenters. The second-order valence-electron chi connectivity index (χ2n) is 3.95. The van der Waals surface area contributed by atoms with E-state index < -0.39 is 17.9 Å². The summed E-state index contributed by atoms with van der Waals surface area (Å²) < 4.78 is 9.83. The summed E-state index contributed by atoms with van der Waals surface area (Å²) in [5.74, 6) is -2.33. The lowest BCUT2D eigenvalue weighted by Crippen LogP contribution is -2.26. The standard InChI is InChI=1S/C14H17ClO4/c1-4-18-13(16)12(14(17)19-5-2)10-7-6-9(3)11(15)8-10/h6-8,12H,4-5H2,1-3H3. The van der Waals surface area contributed by atoms with Crippen molar-refractivity contribution in [1.82, 2.24) is 0 Å². The number of hydrogen-bond donors (Lipinski definition) is 0. The Morgan fingerprint density at radius 2 is 1.68 bits per heavy atom. The van der Waals surface area contributed by atoms with E-state index in [4.69, 9.17) is 21.1 Å². The SMILES string of the molecule is CCOC(=O)C(C(=O)OCC)c1ccc(C)c(Cl)c1. The van der Waals surface area contributed by atoms with Crippen LogP contribution in [0.4, 0.5) is 0 Å². The third-order valence-electron chi connectivity index (χ3n) is 2.57. The molecule has 0 saturated carbocycles. The van der Waals surface area contributed by atoms with Crippen molar-refractivity contribution in [3.05, 3.63) is 34.3 Å². The molecule has 19 heavy (non-hydrogen) atoms. The molecule has 1 rings (SSSR count). The number of carbonyl (C=O) groups excluding carboxylic acids is 2. The van der Waals surface area contributed by atoms with Crippen LogP contribution in [-0.2, 0) is 19.1 Å². The lowest BCUT2D eigenvalue weighted by molar-refractivity contribution is -0.156. The number of rotatable bonds is 5. The highest BCUT2D eigenvalue weighted by atomic mass is 35.5. The third kappa shape index (κ3) is 3.96. The van der Waals surface area contributed by atoms with E-state index in [1.165, 1.54) is 0 Å². The maximum absolute atomic E-state index is 11.9. The van der Waals surface area contributed by atoms with E-state index in [-0.39, 0.29) is 13.2 Å². The highest BCUT2D eigenvalue weighted by Crippen LogP contribution is 2.25. The van der Waals surface area contributed by atoms with Gasteiger partial charge in [-0.1, -0.05) is 23.7 Å². The molecule has 0 aliphatic carbocycles. The summed E-state index contributed by atoms with van der Waals surface area (Å²) in [6, 6.07) is 5.03. The molecule has 0 aliphatic heterocycles. The van der Waals surface area contributed by atoms with E-state index in [1.54, 1.807) is 32.0 Å². The van der Waals surface area contributed by atoms with Gasteiger partial charge in [-0.3, -0.25) is 9.59 Å². The van der Waals surface area contributed by atoms with Crippen molar-refractivity contribution in [2.45, 2.75) is 26.7 Å². The van der Waals surface area contributed by atoms with Crippen LogP contribution in [0, 0.1) is 6.92 Å². The molecule has 104 valence electrons. The summed E-state index contributed by atoms with van der Waals surface area (Å²) in [6.45, 7) is 5.61. The fourth-order valence-corrected chi connectivity index (χ4v) is 1.80. The van der Waals surface area contributed by atoms with Crippen molar-refractivity contribution >= 4 is 23.5 Å². The van der Waals surface area contributed by atoms with Gasteiger partial charge in [-0.2, -0.15) is 0 Å². The zero-order valence-electron chi connectivity index (χ0n) is 11.2. The quantitative estimate of drug-likeness (QED) is 0.616. The molecule has 0 radical (unpaired) electrons. The minimum absolute atomic E-state index is 0.203. The first-order chi connectivity index (χ1) is 9.01. The first kappa shape index (κ1) is 15.5. The average Bonchev–Trinajstić information content (AvgIpc) is 2.34. The van der Waals surface area contributed by atoms with Gasteiger partial charge >= 0.3 is 11.9 Å². The van der Waals surface area contributed by atoms with Crippen LogP contribution >= 0.6 is 11.6 Å². The minimum Gasteiger partial charge on any atom is -0.465 e. The Labute approximate surface area is 117 Å². The Morgan fingerprint density at radius 3 is 2.11 bits per heavy atom. The highest BCUT2D eigenvalue weighted by Gasteiger charge is 2.31. The van der Waals surface area contributed by atoms with E-state index >= 15 is 0 Å². The predicted octanol–water partition coefficient (Wildman–Crippen LogP) is 2.86. The molecule has 0 N–H and O–H groups in total. The van der Waals surface area contributed by atoms with Crippen molar-refractivity contribution < 1.29 is 19.1 Å². The Balaban J connectivity index is 3.11. The molecule has 5 heteroatoms. The van der Waals surface area contributed by atoms with Gasteiger partial charge in [-0.05, 0) is 38.0 Å². The Bertz CT molecular complexity index is 453. The summed E-state index contributed by atoms with van der Waals surface area (Å²) in [4.78, 5) is 23.8. The van der Waals surface area contributed by atoms with Gasteiger partial charge in [0.2, 0.25) is 0 Å². The number of carbonyl (C=O) groups is 2. The van der Waals surface area contributed by atoms with Gasteiger partial charge in [-0.25, -0.2) is 0 Å². The molecule has 0 aliphatic rings. The van der Waals surface area contributed by atoms with E-state index in [9.17, 15) is 9.59 Å². The van der Waals surface area contributed by atoms with Gasteiger partial charge in [-0.15, -0.1) is 0 Å². The number of ether oxygens (including phenoxy) is 2. The number of esters is 2. The molecule has 0 fully saturated rings. The van der Waals surface area contributed by atoms with Crippen molar-refractivity contribution in [3.8, 4) is 0 Å². The van der Waals surface area contributed by atoms with Crippen LogP contribution in [0.2, 0.25) is 5.02 Å². The molecule has 0 heterocycles. The van der Waals surface area contributed by atoms with E-state index in [2.05, 4.69) is 0 Å². The van der Waals surface area contributed by atoms with Gasteiger partial charge < -0.3 is 9.47 Å². The van der Waals surface area contributed by atoms with Crippen LogP contribution in [0.5, 0.6) is 0 Å². The van der Waals surface area contributed by atoms with Gasteiger partial charge in [0.15, 0.2) is 5.92 Å². The molecule has 1 aromatic carbocycles. The van der Waals surface area contributed by atoms with Crippen LogP contribution in [0.25, 0.3) is 0 Å². The number of hydrogen-bond acceptors (Lipinski definition) is 4. The van der Waals surface area contributed by atoms with Crippen LogP contribution in [0.1, 0.15) is 30.9 Å². The Morgan fingerprint density at radius 1 is 1.16 bits per heavy atom. The Hall–Kier alpha value is -1.55. The molecule has 4 nitrogen and oxygen atoms in total. The smallest absolute Gasteiger partial charge is 0.324 e. The van der Waals surface area contributed by atoms with Crippen molar-refractivity contribution in [1.29, 1.82) is 0 Å². The normalized spacial score (nSPS) is 10.4. The molecule has 0 spiro atoms. The van der Waals surface area contributed by atoms with E-state index in [1.807, 2.05) is 6.92 Å². The molecular formula is C14H17ClO4. The lowest BCUT2D eigenvalue weighted by atomic mass is 9.98. The molecule has 1 aromatic rings. The van der Waals surface area contributed by atoms with Crippen molar-refractivity contribution in [2.24, 2.45) is 0 Å². The van der Waals surface area contributed by atoms with Crippen LogP contribution in [-0.4, -0.2) is 25.2 Å². The minimum atomic E-state index is -1.09. The number of halogens is 1. The summed E-state index contributed by atoms with van der Waals surface area (Å²) in [5, 5.41) is 0.496. The van der Waals surface area contributed by atoms with E-state index in [0.29, 0.717) is 10.6 Å². The first-order valence-electron chi connectivity index (χ1n) is 6.10. The third-order valence-corrected chi connectivity index (χ3v) is 2.98. The fraction of sp³-hybridized carbons (Fsp3) is 0.429. The van der Waals surface area contributed by atoms with Gasteiger partial charge in [0.05, 0.1) is 13.2 Å². The average molecular weight is 285 g/mol. The van der Waals surface area contributed by atoms with Gasteiger partial charge in [0.1, 0.15) is 0 Å². The second-order valence-corrected chi connectivity index (χ2v) is 4.35. The van der Waals surface area contributed by atoms with Crippen LogP contribution in [0.15, 0.2) is 18.2 Å². The zero-order valence-corrected chi connectivity index (χ0v) is 12.0. The lowest BCUT2D eigenvalue weighted by Gasteiger charge is -2.15. The molecule has 0 saturated heterocycles. The largest absolute Gasteiger partial charge is 0.465 e. The number of benzene rings is 1.